The number of halogens is 1. The van der Waals surface area contributed by atoms with Crippen molar-refractivity contribution in [2.75, 3.05) is 13.7 Å². The van der Waals surface area contributed by atoms with Crippen LogP contribution in [0.3, 0.4) is 0 Å². The molecule has 0 bridgehead atoms. The van der Waals surface area contributed by atoms with Crippen LogP contribution in [-0.4, -0.2) is 35.5 Å². The molecule has 1 unspecified atom stereocenters. The molecule has 0 aliphatic carbocycles. The first kappa shape index (κ1) is 19.3. The zero-order chi connectivity index (χ0) is 18.6. The maximum absolute atomic E-state index is 11.7. The van der Waals surface area contributed by atoms with Crippen molar-refractivity contribution in [1.82, 2.24) is 9.78 Å². The normalized spacial score (nSPS) is 12.1. The number of aromatic nitrogens is 2. The van der Waals surface area contributed by atoms with Gasteiger partial charge in [0.2, 0.25) is 0 Å². The molecule has 7 heteroatoms. The number of carbonyl (C=O) groups excluding carboxylic acids is 1. The van der Waals surface area contributed by atoms with Crippen LogP contribution in [0.2, 0.25) is 5.02 Å². The third kappa shape index (κ3) is 4.52. The summed E-state index contributed by atoms with van der Waals surface area (Å²) < 4.78 is 12.2. The molecule has 25 heavy (non-hydrogen) atoms. The summed E-state index contributed by atoms with van der Waals surface area (Å²) in [7, 11) is 1.62. The van der Waals surface area contributed by atoms with Crippen molar-refractivity contribution in [1.29, 1.82) is 0 Å². The van der Waals surface area contributed by atoms with Gasteiger partial charge in [0, 0.05) is 5.56 Å². The van der Waals surface area contributed by atoms with Crippen LogP contribution in [-0.2, 0) is 22.5 Å². The van der Waals surface area contributed by atoms with Crippen LogP contribution in [0.1, 0.15) is 29.4 Å². The lowest BCUT2D eigenvalue weighted by molar-refractivity contribution is -0.144. The molecule has 0 fully saturated rings. The van der Waals surface area contributed by atoms with E-state index in [0.29, 0.717) is 24.6 Å². The van der Waals surface area contributed by atoms with Crippen molar-refractivity contribution in [3.8, 4) is 5.75 Å². The third-order valence-corrected chi connectivity index (χ3v) is 4.55. The number of carbonyl (C=O) groups is 1. The Hall–Kier alpha value is -2.05. The van der Waals surface area contributed by atoms with E-state index in [1.54, 1.807) is 14.0 Å². The van der Waals surface area contributed by atoms with Crippen molar-refractivity contribution in [2.24, 2.45) is 5.73 Å². The molecular formula is C18H24ClN3O3. The van der Waals surface area contributed by atoms with Gasteiger partial charge in [-0.05, 0) is 38.8 Å². The summed E-state index contributed by atoms with van der Waals surface area (Å²) in [5.74, 6) is 0.349. The van der Waals surface area contributed by atoms with E-state index in [4.69, 9.17) is 26.8 Å². The smallest absolute Gasteiger partial charge is 0.323 e. The third-order valence-electron chi connectivity index (χ3n) is 4.00. The Kier molecular flexibility index (Phi) is 6.45. The Balaban J connectivity index is 2.24. The fourth-order valence-electron chi connectivity index (χ4n) is 2.66. The van der Waals surface area contributed by atoms with Gasteiger partial charge in [-0.1, -0.05) is 23.7 Å². The van der Waals surface area contributed by atoms with Gasteiger partial charge in [-0.15, -0.1) is 0 Å². The fraction of sp³-hybridized carbons (Fsp3) is 0.444. The second-order valence-electron chi connectivity index (χ2n) is 5.85. The molecule has 0 radical (unpaired) electrons. The van der Waals surface area contributed by atoms with E-state index < -0.39 is 12.0 Å². The number of benzene rings is 1. The minimum atomic E-state index is -0.690. The predicted molar refractivity (Wildman–Crippen MR) is 97.1 cm³/mol. The van der Waals surface area contributed by atoms with Gasteiger partial charge in [-0.25, -0.2) is 0 Å². The van der Waals surface area contributed by atoms with E-state index in [0.717, 1.165) is 28.3 Å². The predicted octanol–water partition coefficient (Wildman–Crippen LogP) is 2.64. The summed E-state index contributed by atoms with van der Waals surface area (Å²) in [4.78, 5) is 11.7. The Morgan fingerprint density at radius 3 is 2.68 bits per heavy atom. The highest BCUT2D eigenvalue weighted by Gasteiger charge is 2.17. The molecule has 0 aliphatic rings. The SMILES string of the molecule is CCOC(=O)C(N)Cc1ccc(OC)c(Cn2nc(C)c(Cl)c2C)c1. The van der Waals surface area contributed by atoms with Crippen LogP contribution in [0.4, 0.5) is 0 Å². The molecule has 0 saturated carbocycles. The monoisotopic (exact) mass is 365 g/mol. The molecule has 1 atom stereocenters. The topological polar surface area (TPSA) is 79.4 Å². The molecule has 1 aromatic heterocycles. The Bertz CT molecular complexity index is 758. The zero-order valence-corrected chi connectivity index (χ0v) is 15.8. The van der Waals surface area contributed by atoms with Crippen LogP contribution >= 0.6 is 11.6 Å². The highest BCUT2D eigenvalue weighted by Crippen LogP contribution is 2.25. The molecule has 0 saturated heterocycles. The van der Waals surface area contributed by atoms with Crippen molar-refractivity contribution < 1.29 is 14.3 Å². The fourth-order valence-corrected chi connectivity index (χ4v) is 2.79. The molecule has 0 amide bonds. The van der Waals surface area contributed by atoms with E-state index in [1.807, 2.05) is 36.7 Å². The molecule has 136 valence electrons. The van der Waals surface area contributed by atoms with Crippen molar-refractivity contribution in [2.45, 2.75) is 39.8 Å². The van der Waals surface area contributed by atoms with Gasteiger partial charge in [0.25, 0.3) is 0 Å². The second kappa shape index (κ2) is 8.36. The van der Waals surface area contributed by atoms with Crippen LogP contribution < -0.4 is 10.5 Å². The quantitative estimate of drug-likeness (QED) is 0.763. The number of rotatable bonds is 7. The number of aryl methyl sites for hydroxylation is 1. The second-order valence-corrected chi connectivity index (χ2v) is 6.23. The van der Waals surface area contributed by atoms with Gasteiger partial charge in [0.05, 0.1) is 36.7 Å². The number of hydrogen-bond donors (Lipinski definition) is 1. The maximum Gasteiger partial charge on any atom is 0.323 e. The maximum atomic E-state index is 11.7. The number of nitrogens with zero attached hydrogens (tertiary/aromatic N) is 2. The van der Waals surface area contributed by atoms with E-state index in [-0.39, 0.29) is 0 Å². The lowest BCUT2D eigenvalue weighted by Crippen LogP contribution is -2.34. The van der Waals surface area contributed by atoms with Gasteiger partial charge in [-0.3, -0.25) is 9.48 Å². The van der Waals surface area contributed by atoms with Gasteiger partial charge in [0.15, 0.2) is 0 Å². The van der Waals surface area contributed by atoms with Crippen LogP contribution in [0.25, 0.3) is 0 Å². The summed E-state index contributed by atoms with van der Waals surface area (Å²) >= 11 is 6.22. The molecule has 1 heterocycles. The molecule has 0 aliphatic heterocycles. The zero-order valence-electron chi connectivity index (χ0n) is 15.0. The van der Waals surface area contributed by atoms with E-state index >= 15 is 0 Å². The summed E-state index contributed by atoms with van der Waals surface area (Å²) in [6.07, 6.45) is 0.397. The van der Waals surface area contributed by atoms with Crippen LogP contribution in [0, 0.1) is 13.8 Å². The molecule has 0 spiro atoms. The molecule has 2 rings (SSSR count). The summed E-state index contributed by atoms with van der Waals surface area (Å²) in [5.41, 5.74) is 9.48. The lowest BCUT2D eigenvalue weighted by atomic mass is 10.0. The molecule has 1 aromatic carbocycles. The molecule has 2 aromatic rings. The first-order valence-corrected chi connectivity index (χ1v) is 8.52. The van der Waals surface area contributed by atoms with Crippen molar-refractivity contribution in [3.63, 3.8) is 0 Å². The highest BCUT2D eigenvalue weighted by atomic mass is 35.5. The number of ether oxygens (including phenoxy) is 2. The summed E-state index contributed by atoms with van der Waals surface area (Å²) in [5, 5.41) is 5.12. The first-order valence-electron chi connectivity index (χ1n) is 8.14. The van der Waals surface area contributed by atoms with Crippen LogP contribution in [0.5, 0.6) is 5.75 Å². The van der Waals surface area contributed by atoms with Crippen LogP contribution in [0.15, 0.2) is 18.2 Å². The van der Waals surface area contributed by atoms with E-state index in [1.165, 1.54) is 0 Å². The summed E-state index contributed by atoms with van der Waals surface area (Å²) in [6.45, 7) is 6.40. The lowest BCUT2D eigenvalue weighted by Gasteiger charge is -2.14. The summed E-state index contributed by atoms with van der Waals surface area (Å²) in [6, 6.07) is 5.05. The van der Waals surface area contributed by atoms with E-state index in [9.17, 15) is 4.79 Å². The van der Waals surface area contributed by atoms with Gasteiger partial charge in [-0.2, -0.15) is 5.10 Å². The number of esters is 1. The number of nitrogens with two attached hydrogens (primary N) is 1. The molecule has 2 N–H and O–H groups in total. The average molecular weight is 366 g/mol. The number of hydrogen-bond acceptors (Lipinski definition) is 5. The van der Waals surface area contributed by atoms with Crippen molar-refractivity contribution >= 4 is 17.6 Å². The minimum Gasteiger partial charge on any atom is -0.496 e. The minimum absolute atomic E-state index is 0.319. The van der Waals surface area contributed by atoms with Gasteiger partial charge in [0.1, 0.15) is 11.8 Å². The first-order chi connectivity index (χ1) is 11.9. The Morgan fingerprint density at radius 2 is 2.12 bits per heavy atom. The molecule has 6 nitrogen and oxygen atoms in total. The van der Waals surface area contributed by atoms with Gasteiger partial charge < -0.3 is 15.2 Å². The molecular weight excluding hydrogens is 342 g/mol. The largest absolute Gasteiger partial charge is 0.496 e. The average Bonchev–Trinajstić information content (AvgIpc) is 2.82. The van der Waals surface area contributed by atoms with Gasteiger partial charge >= 0.3 is 5.97 Å². The Morgan fingerprint density at radius 1 is 1.40 bits per heavy atom. The Labute approximate surface area is 152 Å². The highest BCUT2D eigenvalue weighted by molar-refractivity contribution is 6.31. The standard InChI is InChI=1S/C18H24ClN3O3/c1-5-25-18(23)15(20)9-13-6-7-16(24-4)14(8-13)10-22-12(3)17(19)11(2)21-22/h6-8,15H,5,9-10,20H2,1-4H3. The van der Waals surface area contributed by atoms with Crippen molar-refractivity contribution in [3.05, 3.63) is 45.7 Å². The number of methoxy groups -OCH3 is 1. The van der Waals surface area contributed by atoms with E-state index in [2.05, 4.69) is 5.10 Å².